The number of carbonyl (C=O) groups is 1. The van der Waals surface area contributed by atoms with Crippen LogP contribution in [0.25, 0.3) is 10.7 Å². The van der Waals surface area contributed by atoms with Crippen molar-refractivity contribution < 1.29 is 9.18 Å². The average molecular weight is 369 g/mol. The van der Waals surface area contributed by atoms with E-state index in [2.05, 4.69) is 20.5 Å². The number of anilines is 1. The summed E-state index contributed by atoms with van der Waals surface area (Å²) < 4.78 is 13.2. The van der Waals surface area contributed by atoms with E-state index in [-0.39, 0.29) is 11.4 Å². The highest BCUT2D eigenvalue weighted by atomic mass is 32.1. The minimum absolute atomic E-state index is 0.232. The number of nitrogens with zero attached hydrogens (tertiary/aromatic N) is 3. The summed E-state index contributed by atoms with van der Waals surface area (Å²) in [5.41, 5.74) is 6.64. The zero-order valence-corrected chi connectivity index (χ0v) is 14.6. The first-order chi connectivity index (χ1) is 12.6. The zero-order chi connectivity index (χ0) is 18.1. The van der Waals surface area contributed by atoms with Gasteiger partial charge in [0.25, 0.3) is 5.91 Å². The summed E-state index contributed by atoms with van der Waals surface area (Å²) in [6.07, 6.45) is 4.45. The lowest BCUT2D eigenvalue weighted by Crippen LogP contribution is -2.42. The van der Waals surface area contributed by atoms with Crippen LogP contribution in [0.2, 0.25) is 0 Å². The van der Waals surface area contributed by atoms with Gasteiger partial charge in [0.1, 0.15) is 27.2 Å². The number of carbonyl (C=O) groups excluding carboxylic acids is 1. The maximum atomic E-state index is 13.2. The summed E-state index contributed by atoms with van der Waals surface area (Å²) in [7, 11) is 0. The molecular formula is C18H16FN5OS. The fraction of sp³-hybridized carbons (Fsp3) is 0.222. The minimum atomic E-state index is -0.508. The molecule has 6 nitrogen and oxygen atoms in total. The molecule has 1 aliphatic rings. The second kappa shape index (κ2) is 6.45. The predicted octanol–water partition coefficient (Wildman–Crippen LogP) is 3.33. The quantitative estimate of drug-likeness (QED) is 0.719. The van der Waals surface area contributed by atoms with E-state index in [1.807, 2.05) is 18.2 Å². The zero-order valence-electron chi connectivity index (χ0n) is 13.8. The molecule has 8 heteroatoms. The number of amides is 1. The molecule has 0 aliphatic heterocycles. The summed E-state index contributed by atoms with van der Waals surface area (Å²) in [5, 5.41) is 12.5. The first-order valence-electron chi connectivity index (χ1n) is 8.20. The van der Waals surface area contributed by atoms with E-state index in [1.54, 1.807) is 6.07 Å². The average Bonchev–Trinajstić information content (AvgIpc) is 3.10. The molecule has 2 aromatic heterocycles. The smallest absolute Gasteiger partial charge is 0.260 e. The van der Waals surface area contributed by atoms with Gasteiger partial charge in [-0.3, -0.25) is 4.79 Å². The van der Waals surface area contributed by atoms with Crippen LogP contribution in [0.4, 0.5) is 10.2 Å². The Morgan fingerprint density at radius 1 is 1.15 bits per heavy atom. The van der Waals surface area contributed by atoms with Gasteiger partial charge in [0.05, 0.1) is 11.7 Å². The first kappa shape index (κ1) is 16.6. The number of primary amides is 1. The van der Waals surface area contributed by atoms with Crippen LogP contribution in [-0.2, 0) is 5.54 Å². The van der Waals surface area contributed by atoms with Crippen LogP contribution in [0.1, 0.15) is 34.5 Å². The third-order valence-corrected chi connectivity index (χ3v) is 5.64. The van der Waals surface area contributed by atoms with Crippen LogP contribution in [0.5, 0.6) is 0 Å². The Morgan fingerprint density at radius 2 is 1.92 bits per heavy atom. The molecule has 1 amide bonds. The second-order valence-electron chi connectivity index (χ2n) is 6.27. The standard InChI is InChI=1S/C18H16FN5OS/c19-12-4-2-11(3-5-12)18(8-1-9-18)22-15-7-6-13(23-24-15)17-21-10-14(26-17)16(20)25/h2-7,10H,1,8-9H2,(H2,20,25)(H,22,24). The van der Waals surface area contributed by atoms with E-state index in [0.717, 1.165) is 24.8 Å². The number of rotatable bonds is 5. The number of hydrogen-bond acceptors (Lipinski definition) is 6. The van der Waals surface area contributed by atoms with Gasteiger partial charge in [-0.2, -0.15) is 0 Å². The summed E-state index contributed by atoms with van der Waals surface area (Å²) >= 11 is 1.18. The molecule has 0 atom stereocenters. The van der Waals surface area contributed by atoms with Crippen molar-refractivity contribution in [1.29, 1.82) is 0 Å². The minimum Gasteiger partial charge on any atom is -0.365 e. The number of aromatic nitrogens is 3. The van der Waals surface area contributed by atoms with Crippen LogP contribution in [0.15, 0.2) is 42.6 Å². The highest BCUT2D eigenvalue weighted by Gasteiger charge is 2.39. The highest BCUT2D eigenvalue weighted by molar-refractivity contribution is 7.16. The van der Waals surface area contributed by atoms with Gasteiger partial charge in [0, 0.05) is 0 Å². The van der Waals surface area contributed by atoms with Gasteiger partial charge < -0.3 is 11.1 Å². The lowest BCUT2D eigenvalue weighted by Gasteiger charge is -2.43. The van der Waals surface area contributed by atoms with Gasteiger partial charge in [-0.05, 0) is 49.1 Å². The summed E-state index contributed by atoms with van der Waals surface area (Å²) in [4.78, 5) is 15.7. The molecule has 1 fully saturated rings. The molecule has 0 bridgehead atoms. The van der Waals surface area contributed by atoms with Crippen molar-refractivity contribution in [2.75, 3.05) is 5.32 Å². The third kappa shape index (κ3) is 3.03. The number of hydrogen-bond donors (Lipinski definition) is 2. The molecular weight excluding hydrogens is 353 g/mol. The monoisotopic (exact) mass is 369 g/mol. The Balaban J connectivity index is 1.54. The Bertz CT molecular complexity index is 935. The van der Waals surface area contributed by atoms with E-state index in [9.17, 15) is 9.18 Å². The number of nitrogens with one attached hydrogen (secondary N) is 1. The van der Waals surface area contributed by atoms with Crippen LogP contribution in [0, 0.1) is 5.82 Å². The van der Waals surface area contributed by atoms with Crippen LogP contribution < -0.4 is 11.1 Å². The number of thiazole rings is 1. The molecule has 0 saturated heterocycles. The molecule has 26 heavy (non-hydrogen) atoms. The van der Waals surface area contributed by atoms with E-state index in [4.69, 9.17) is 5.73 Å². The SMILES string of the molecule is NC(=O)c1cnc(-c2ccc(NC3(c4ccc(F)cc4)CCC3)nn2)s1. The largest absolute Gasteiger partial charge is 0.365 e. The van der Waals surface area contributed by atoms with Gasteiger partial charge in [-0.25, -0.2) is 9.37 Å². The molecule has 132 valence electrons. The summed E-state index contributed by atoms with van der Waals surface area (Å²) in [5.74, 6) is -0.109. The summed E-state index contributed by atoms with van der Waals surface area (Å²) in [6, 6.07) is 10.2. The van der Waals surface area contributed by atoms with Crippen molar-refractivity contribution in [3.63, 3.8) is 0 Å². The van der Waals surface area contributed by atoms with Crippen molar-refractivity contribution in [1.82, 2.24) is 15.2 Å². The maximum absolute atomic E-state index is 13.2. The van der Waals surface area contributed by atoms with Gasteiger partial charge in [-0.15, -0.1) is 21.5 Å². The van der Waals surface area contributed by atoms with Crippen molar-refractivity contribution in [2.45, 2.75) is 24.8 Å². The maximum Gasteiger partial charge on any atom is 0.260 e. The first-order valence-corrected chi connectivity index (χ1v) is 9.01. The van der Waals surface area contributed by atoms with Gasteiger partial charge in [0.2, 0.25) is 0 Å². The lowest BCUT2D eigenvalue weighted by atomic mass is 9.72. The molecule has 4 rings (SSSR count). The molecule has 0 radical (unpaired) electrons. The number of halogens is 1. The number of benzene rings is 1. The molecule has 3 aromatic rings. The van der Waals surface area contributed by atoms with Crippen molar-refractivity contribution >= 4 is 23.1 Å². The molecule has 1 saturated carbocycles. The molecule has 1 aromatic carbocycles. The second-order valence-corrected chi connectivity index (χ2v) is 7.30. The summed E-state index contributed by atoms with van der Waals surface area (Å²) in [6.45, 7) is 0. The van der Waals surface area contributed by atoms with Crippen LogP contribution >= 0.6 is 11.3 Å². The van der Waals surface area contributed by atoms with Crippen LogP contribution in [-0.4, -0.2) is 21.1 Å². The topological polar surface area (TPSA) is 93.8 Å². The Hall–Kier alpha value is -2.87. The van der Waals surface area contributed by atoms with Gasteiger partial charge in [-0.1, -0.05) is 12.1 Å². The van der Waals surface area contributed by atoms with Crippen LogP contribution in [0.3, 0.4) is 0 Å². The molecule has 2 heterocycles. The number of nitrogens with two attached hydrogens (primary N) is 1. The molecule has 0 spiro atoms. The van der Waals surface area contributed by atoms with Gasteiger partial charge >= 0.3 is 0 Å². The molecule has 0 unspecified atom stereocenters. The van der Waals surface area contributed by atoms with Crippen molar-refractivity contribution in [2.24, 2.45) is 5.73 Å². The van der Waals surface area contributed by atoms with E-state index in [0.29, 0.717) is 21.4 Å². The van der Waals surface area contributed by atoms with E-state index < -0.39 is 5.91 Å². The van der Waals surface area contributed by atoms with E-state index in [1.165, 1.54) is 29.7 Å². The highest BCUT2D eigenvalue weighted by Crippen LogP contribution is 2.43. The molecule has 1 aliphatic carbocycles. The third-order valence-electron chi connectivity index (χ3n) is 4.60. The van der Waals surface area contributed by atoms with Crippen molar-refractivity contribution in [3.05, 3.63) is 58.9 Å². The Kier molecular flexibility index (Phi) is 4.12. The Labute approximate surface area is 153 Å². The fourth-order valence-electron chi connectivity index (χ4n) is 3.05. The fourth-order valence-corrected chi connectivity index (χ4v) is 3.78. The van der Waals surface area contributed by atoms with Crippen molar-refractivity contribution in [3.8, 4) is 10.7 Å². The molecule has 3 N–H and O–H groups in total. The Morgan fingerprint density at radius 3 is 2.46 bits per heavy atom. The van der Waals surface area contributed by atoms with E-state index >= 15 is 0 Å². The predicted molar refractivity (Wildman–Crippen MR) is 97.2 cm³/mol. The van der Waals surface area contributed by atoms with Gasteiger partial charge in [0.15, 0.2) is 0 Å². The normalized spacial score (nSPS) is 15.3. The lowest BCUT2D eigenvalue weighted by molar-refractivity contribution is 0.100.